The zero-order valence-corrected chi connectivity index (χ0v) is 8.17. The monoisotopic (exact) mass is 184 g/mol. The van der Waals surface area contributed by atoms with E-state index in [9.17, 15) is 4.79 Å². The number of hydrogen-bond acceptors (Lipinski definition) is 3. The van der Waals surface area contributed by atoms with Crippen LogP contribution in [0.3, 0.4) is 0 Å². The third-order valence-corrected chi connectivity index (χ3v) is 2.16. The molecule has 1 fully saturated rings. The lowest BCUT2D eigenvalue weighted by atomic mass is 9.96. The fraction of sp³-hybridized carbons (Fsp3) is 0.778. The first-order chi connectivity index (χ1) is 6.24. The van der Waals surface area contributed by atoms with Gasteiger partial charge in [0.15, 0.2) is 0 Å². The van der Waals surface area contributed by atoms with Crippen molar-refractivity contribution in [2.45, 2.75) is 38.7 Å². The summed E-state index contributed by atoms with van der Waals surface area (Å²) < 4.78 is 5.25. The molecular weight excluding hydrogens is 168 g/mol. The van der Waals surface area contributed by atoms with E-state index in [4.69, 9.17) is 4.74 Å². The van der Waals surface area contributed by atoms with Crippen LogP contribution in [-0.2, 0) is 9.53 Å². The molecule has 0 saturated heterocycles. The van der Waals surface area contributed by atoms with Crippen molar-refractivity contribution in [3.05, 3.63) is 0 Å². The zero-order valence-electron chi connectivity index (χ0n) is 8.17. The van der Waals surface area contributed by atoms with Crippen LogP contribution in [0.2, 0.25) is 0 Å². The average Bonchev–Trinajstić information content (AvgIpc) is 2.15. The predicted molar refractivity (Wildman–Crippen MR) is 50.5 cm³/mol. The van der Waals surface area contributed by atoms with E-state index in [-0.39, 0.29) is 12.0 Å². The second-order valence-corrected chi connectivity index (χ2v) is 3.24. The topological polar surface area (TPSA) is 50.7 Å². The summed E-state index contributed by atoms with van der Waals surface area (Å²) in [7, 11) is 1.68. The Balaban J connectivity index is 2.52. The minimum absolute atomic E-state index is 0.0978. The van der Waals surface area contributed by atoms with Gasteiger partial charge in [0.25, 0.3) is 0 Å². The lowest BCUT2D eigenvalue weighted by molar-refractivity contribution is -0.118. The highest BCUT2D eigenvalue weighted by Gasteiger charge is 2.19. The van der Waals surface area contributed by atoms with Gasteiger partial charge >= 0.3 is 0 Å². The van der Waals surface area contributed by atoms with Crippen molar-refractivity contribution >= 4 is 11.6 Å². The van der Waals surface area contributed by atoms with E-state index in [0.29, 0.717) is 0 Å². The van der Waals surface area contributed by atoms with E-state index in [1.165, 1.54) is 13.3 Å². The van der Waals surface area contributed by atoms with Gasteiger partial charge in [-0.1, -0.05) is 6.42 Å². The van der Waals surface area contributed by atoms with Crippen LogP contribution in [0, 0.1) is 0 Å². The maximum atomic E-state index is 10.6. The van der Waals surface area contributed by atoms with E-state index in [1.807, 2.05) is 0 Å². The van der Waals surface area contributed by atoms with Crippen LogP contribution >= 0.6 is 0 Å². The molecule has 1 atom stereocenters. The van der Waals surface area contributed by atoms with Crippen molar-refractivity contribution in [2.75, 3.05) is 7.11 Å². The molecule has 1 aliphatic rings. The van der Waals surface area contributed by atoms with Gasteiger partial charge in [-0.25, -0.2) is 5.43 Å². The molecule has 4 nitrogen and oxygen atoms in total. The molecule has 13 heavy (non-hydrogen) atoms. The highest BCUT2D eigenvalue weighted by Crippen LogP contribution is 2.17. The van der Waals surface area contributed by atoms with Gasteiger partial charge in [0.05, 0.1) is 11.8 Å². The number of carbonyl (C=O) groups excluding carboxylic acids is 1. The highest BCUT2D eigenvalue weighted by atomic mass is 16.5. The number of rotatable bonds is 2. The molecule has 1 saturated carbocycles. The Labute approximate surface area is 78.3 Å². The summed E-state index contributed by atoms with van der Waals surface area (Å²) in [4.78, 5) is 10.6. The molecule has 0 radical (unpaired) electrons. The molecule has 1 unspecified atom stereocenters. The van der Waals surface area contributed by atoms with Gasteiger partial charge in [-0.05, 0) is 19.3 Å². The summed E-state index contributed by atoms with van der Waals surface area (Å²) in [6.45, 7) is 1.45. The fourth-order valence-electron chi connectivity index (χ4n) is 1.50. The van der Waals surface area contributed by atoms with Gasteiger partial charge in [-0.15, -0.1) is 0 Å². The lowest BCUT2D eigenvalue weighted by Crippen LogP contribution is -2.29. The van der Waals surface area contributed by atoms with Gasteiger partial charge in [0, 0.05) is 14.0 Å². The molecule has 0 aromatic heterocycles. The normalized spacial score (nSPS) is 26.0. The van der Waals surface area contributed by atoms with Crippen LogP contribution in [0.4, 0.5) is 0 Å². The number of carbonyl (C=O) groups is 1. The summed E-state index contributed by atoms with van der Waals surface area (Å²) in [6.07, 6.45) is 4.35. The van der Waals surface area contributed by atoms with Crippen molar-refractivity contribution in [3.8, 4) is 0 Å². The molecule has 0 aromatic rings. The molecule has 0 bridgehead atoms. The van der Waals surface area contributed by atoms with Crippen LogP contribution < -0.4 is 5.43 Å². The second-order valence-electron chi connectivity index (χ2n) is 3.24. The number of nitrogens with one attached hydrogen (secondary N) is 1. The third-order valence-electron chi connectivity index (χ3n) is 2.16. The van der Waals surface area contributed by atoms with Crippen molar-refractivity contribution < 1.29 is 9.53 Å². The molecule has 0 spiro atoms. The first-order valence-corrected chi connectivity index (χ1v) is 4.60. The number of ether oxygens (including phenoxy) is 1. The molecule has 74 valence electrons. The molecular formula is C9H16N2O2. The highest BCUT2D eigenvalue weighted by molar-refractivity contribution is 5.90. The average molecular weight is 184 g/mol. The maximum Gasteiger partial charge on any atom is 0.236 e. The van der Waals surface area contributed by atoms with Gasteiger partial charge in [-0.2, -0.15) is 5.10 Å². The number of methoxy groups -OCH3 is 1. The number of hydrazone groups is 1. The maximum absolute atomic E-state index is 10.6. The summed E-state index contributed by atoms with van der Waals surface area (Å²) in [5, 5.41) is 4.03. The Morgan fingerprint density at radius 3 is 3.00 bits per heavy atom. The molecule has 4 heteroatoms. The number of nitrogens with zero attached hydrogens (tertiary/aromatic N) is 1. The molecule has 1 aliphatic carbocycles. The summed E-state index contributed by atoms with van der Waals surface area (Å²) in [5.74, 6) is -0.132. The molecule has 1 N–H and O–H groups in total. The fourth-order valence-corrected chi connectivity index (χ4v) is 1.50. The molecule has 0 aromatic carbocycles. The smallest absolute Gasteiger partial charge is 0.236 e. The SMILES string of the molecule is COC1CCCC/C1=N/NC(C)=O. The minimum Gasteiger partial charge on any atom is -0.375 e. The van der Waals surface area contributed by atoms with Crippen molar-refractivity contribution in [1.82, 2.24) is 5.43 Å². The Morgan fingerprint density at radius 1 is 1.62 bits per heavy atom. The first-order valence-electron chi connectivity index (χ1n) is 4.60. The van der Waals surface area contributed by atoms with Gasteiger partial charge in [0.1, 0.15) is 0 Å². The Morgan fingerprint density at radius 2 is 2.38 bits per heavy atom. The van der Waals surface area contributed by atoms with Crippen LogP contribution in [0.5, 0.6) is 0 Å². The van der Waals surface area contributed by atoms with Gasteiger partial charge in [0.2, 0.25) is 5.91 Å². The van der Waals surface area contributed by atoms with Crippen molar-refractivity contribution in [1.29, 1.82) is 0 Å². The lowest BCUT2D eigenvalue weighted by Gasteiger charge is -2.22. The summed E-state index contributed by atoms with van der Waals surface area (Å²) in [6, 6.07) is 0. The van der Waals surface area contributed by atoms with E-state index >= 15 is 0 Å². The van der Waals surface area contributed by atoms with Crippen LogP contribution in [0.1, 0.15) is 32.6 Å². The summed E-state index contributed by atoms with van der Waals surface area (Å²) >= 11 is 0. The largest absolute Gasteiger partial charge is 0.375 e. The first kappa shape index (κ1) is 10.2. The Hall–Kier alpha value is -0.900. The van der Waals surface area contributed by atoms with Crippen LogP contribution in [0.15, 0.2) is 5.10 Å². The second kappa shape index (κ2) is 4.97. The minimum atomic E-state index is -0.132. The predicted octanol–water partition coefficient (Wildman–Crippen LogP) is 1.07. The quantitative estimate of drug-likeness (QED) is 0.652. The van der Waals surface area contributed by atoms with E-state index in [0.717, 1.165) is 25.0 Å². The Bertz CT molecular complexity index is 214. The molecule has 0 heterocycles. The standard InChI is InChI=1S/C9H16N2O2/c1-7(12)10-11-8-5-3-4-6-9(8)13-2/h9H,3-6H2,1-2H3,(H,10,12)/b11-8-. The molecule has 0 aliphatic heterocycles. The summed E-state index contributed by atoms with van der Waals surface area (Å²) in [5.41, 5.74) is 3.41. The zero-order chi connectivity index (χ0) is 9.68. The van der Waals surface area contributed by atoms with Crippen LogP contribution in [0.25, 0.3) is 0 Å². The molecule has 1 rings (SSSR count). The van der Waals surface area contributed by atoms with Crippen molar-refractivity contribution in [2.24, 2.45) is 5.10 Å². The van der Waals surface area contributed by atoms with Crippen LogP contribution in [-0.4, -0.2) is 24.8 Å². The van der Waals surface area contributed by atoms with Gasteiger partial charge < -0.3 is 4.74 Å². The van der Waals surface area contributed by atoms with E-state index in [1.54, 1.807) is 7.11 Å². The van der Waals surface area contributed by atoms with Gasteiger partial charge in [-0.3, -0.25) is 4.79 Å². The Kier molecular flexibility index (Phi) is 3.89. The number of amides is 1. The molecule has 1 amide bonds. The van der Waals surface area contributed by atoms with E-state index < -0.39 is 0 Å². The van der Waals surface area contributed by atoms with E-state index in [2.05, 4.69) is 10.5 Å². The third kappa shape index (κ3) is 3.14. The van der Waals surface area contributed by atoms with Crippen molar-refractivity contribution in [3.63, 3.8) is 0 Å². The number of hydrogen-bond donors (Lipinski definition) is 1.